The summed E-state index contributed by atoms with van der Waals surface area (Å²) in [5, 5.41) is 3.57. The third-order valence-electron chi connectivity index (χ3n) is 2.55. The minimum Gasteiger partial charge on any atom is -0.305 e. The van der Waals surface area contributed by atoms with E-state index in [0.717, 1.165) is 10.8 Å². The highest BCUT2D eigenvalue weighted by molar-refractivity contribution is 7.16. The van der Waals surface area contributed by atoms with Crippen molar-refractivity contribution in [1.82, 2.24) is 5.32 Å². The number of rotatable bonds is 0. The molecule has 72 valence electrons. The lowest BCUT2D eigenvalue weighted by Gasteiger charge is -2.35. The predicted octanol–water partition coefficient (Wildman–Crippen LogP) is 3.17. The monoisotopic (exact) mass is 215 g/mol. The van der Waals surface area contributed by atoms with E-state index in [4.69, 9.17) is 11.6 Å². The van der Waals surface area contributed by atoms with Crippen LogP contribution in [0.15, 0.2) is 6.07 Å². The van der Waals surface area contributed by atoms with Crippen molar-refractivity contribution in [3.8, 4) is 0 Å². The van der Waals surface area contributed by atoms with E-state index in [9.17, 15) is 0 Å². The molecule has 1 nitrogen and oxygen atoms in total. The topological polar surface area (TPSA) is 12.0 Å². The summed E-state index contributed by atoms with van der Waals surface area (Å²) in [6.07, 6.45) is 1.11. The molecule has 3 heteroatoms. The van der Waals surface area contributed by atoms with E-state index in [1.807, 2.05) is 0 Å². The van der Waals surface area contributed by atoms with Gasteiger partial charge in [0.1, 0.15) is 0 Å². The van der Waals surface area contributed by atoms with Crippen LogP contribution in [-0.4, -0.2) is 6.04 Å². The van der Waals surface area contributed by atoms with Gasteiger partial charge in [0.05, 0.1) is 4.34 Å². The Kier molecular flexibility index (Phi) is 2.17. The van der Waals surface area contributed by atoms with Gasteiger partial charge in [0.15, 0.2) is 0 Å². The molecular formula is C10H14ClNS. The summed E-state index contributed by atoms with van der Waals surface area (Å²) < 4.78 is 0.911. The van der Waals surface area contributed by atoms with E-state index in [-0.39, 0.29) is 5.54 Å². The molecule has 0 fully saturated rings. The minimum atomic E-state index is 0.0800. The van der Waals surface area contributed by atoms with Gasteiger partial charge in [-0.05, 0) is 38.8 Å². The summed E-state index contributed by atoms with van der Waals surface area (Å²) in [6.45, 7) is 6.65. The molecule has 1 aromatic rings. The summed E-state index contributed by atoms with van der Waals surface area (Å²) in [7, 11) is 0. The fourth-order valence-corrected chi connectivity index (χ4v) is 3.66. The van der Waals surface area contributed by atoms with Gasteiger partial charge in [0.2, 0.25) is 0 Å². The molecule has 1 aromatic heterocycles. The zero-order chi connectivity index (χ0) is 9.64. The van der Waals surface area contributed by atoms with Crippen molar-refractivity contribution in [2.75, 3.05) is 0 Å². The maximum Gasteiger partial charge on any atom is 0.0934 e. The fraction of sp³-hybridized carbons (Fsp3) is 0.600. The predicted molar refractivity (Wildman–Crippen MR) is 58.7 cm³/mol. The number of hydrogen-bond donors (Lipinski definition) is 1. The van der Waals surface area contributed by atoms with Gasteiger partial charge in [-0.2, -0.15) is 0 Å². The zero-order valence-corrected chi connectivity index (χ0v) is 9.72. The molecule has 2 rings (SSSR count). The molecule has 13 heavy (non-hydrogen) atoms. The summed E-state index contributed by atoms with van der Waals surface area (Å²) in [5.74, 6) is 0. The molecule has 1 N–H and O–H groups in total. The highest BCUT2D eigenvalue weighted by atomic mass is 35.5. The first-order valence-corrected chi connectivity index (χ1v) is 5.75. The molecule has 1 atom stereocenters. The van der Waals surface area contributed by atoms with Crippen molar-refractivity contribution in [1.29, 1.82) is 0 Å². The lowest BCUT2D eigenvalue weighted by atomic mass is 9.88. The van der Waals surface area contributed by atoms with Crippen LogP contribution in [0.1, 0.15) is 31.2 Å². The van der Waals surface area contributed by atoms with Crippen molar-refractivity contribution in [3.63, 3.8) is 0 Å². The molecule has 1 aliphatic heterocycles. The van der Waals surface area contributed by atoms with Crippen LogP contribution in [0.25, 0.3) is 0 Å². The Bertz CT molecular complexity index is 330. The second kappa shape index (κ2) is 2.97. The second-order valence-electron chi connectivity index (χ2n) is 4.26. The number of halogens is 1. The molecule has 0 bridgehead atoms. The highest BCUT2D eigenvalue weighted by Crippen LogP contribution is 2.37. The fourth-order valence-electron chi connectivity index (χ4n) is 2.10. The molecule has 0 radical (unpaired) electrons. The first kappa shape index (κ1) is 9.50. The van der Waals surface area contributed by atoms with Crippen LogP contribution in [0, 0.1) is 0 Å². The smallest absolute Gasteiger partial charge is 0.0934 e. The highest BCUT2D eigenvalue weighted by Gasteiger charge is 2.31. The maximum atomic E-state index is 6.02. The standard InChI is InChI=1S/C10H14ClNS/c1-6-4-8-7(5-9(11)13-8)10(2,3)12-6/h5-6,12H,4H2,1-3H3. The van der Waals surface area contributed by atoms with Gasteiger partial charge in [-0.15, -0.1) is 11.3 Å². The average Bonchev–Trinajstić information content (AvgIpc) is 2.28. The van der Waals surface area contributed by atoms with Crippen molar-refractivity contribution < 1.29 is 0 Å². The van der Waals surface area contributed by atoms with Crippen molar-refractivity contribution in [2.24, 2.45) is 0 Å². The molecule has 0 aliphatic carbocycles. The van der Waals surface area contributed by atoms with Gasteiger partial charge in [-0.25, -0.2) is 0 Å². The van der Waals surface area contributed by atoms with Crippen LogP contribution in [0.4, 0.5) is 0 Å². The van der Waals surface area contributed by atoms with Crippen LogP contribution >= 0.6 is 22.9 Å². The lowest BCUT2D eigenvalue weighted by Crippen LogP contribution is -2.47. The van der Waals surface area contributed by atoms with Gasteiger partial charge < -0.3 is 5.32 Å². The van der Waals surface area contributed by atoms with Crippen LogP contribution in [0.3, 0.4) is 0 Å². The van der Waals surface area contributed by atoms with Crippen LogP contribution in [0.5, 0.6) is 0 Å². The molecule has 0 saturated heterocycles. The normalized spacial score (nSPS) is 25.7. The second-order valence-corrected chi connectivity index (χ2v) is 6.03. The van der Waals surface area contributed by atoms with Gasteiger partial charge in [-0.1, -0.05) is 11.6 Å². The first-order chi connectivity index (χ1) is 5.99. The molecule has 0 aromatic carbocycles. The minimum absolute atomic E-state index is 0.0800. The molecule has 0 amide bonds. The Hall–Kier alpha value is -0.0500. The zero-order valence-electron chi connectivity index (χ0n) is 8.15. The Balaban J connectivity index is 2.49. The molecule has 1 unspecified atom stereocenters. The summed E-state index contributed by atoms with van der Waals surface area (Å²) >= 11 is 7.74. The molecule has 0 spiro atoms. The quantitative estimate of drug-likeness (QED) is 0.701. The maximum absolute atomic E-state index is 6.02. The lowest BCUT2D eigenvalue weighted by molar-refractivity contribution is 0.329. The van der Waals surface area contributed by atoms with Gasteiger partial charge >= 0.3 is 0 Å². The molecule has 1 aliphatic rings. The van der Waals surface area contributed by atoms with E-state index in [1.165, 1.54) is 10.4 Å². The molecular weight excluding hydrogens is 202 g/mol. The van der Waals surface area contributed by atoms with E-state index in [2.05, 4.69) is 32.2 Å². The van der Waals surface area contributed by atoms with Crippen molar-refractivity contribution in [3.05, 3.63) is 20.8 Å². The number of nitrogens with one attached hydrogen (secondary N) is 1. The Morgan fingerprint density at radius 3 is 3.00 bits per heavy atom. The van der Waals surface area contributed by atoms with Crippen molar-refractivity contribution >= 4 is 22.9 Å². The van der Waals surface area contributed by atoms with Crippen LogP contribution < -0.4 is 5.32 Å². The van der Waals surface area contributed by atoms with Gasteiger partial charge in [0.25, 0.3) is 0 Å². The largest absolute Gasteiger partial charge is 0.305 e. The van der Waals surface area contributed by atoms with E-state index < -0.39 is 0 Å². The van der Waals surface area contributed by atoms with Crippen LogP contribution in [-0.2, 0) is 12.0 Å². The summed E-state index contributed by atoms with van der Waals surface area (Å²) in [6, 6.07) is 2.65. The Morgan fingerprint density at radius 1 is 1.62 bits per heavy atom. The van der Waals surface area contributed by atoms with Crippen molar-refractivity contribution in [2.45, 2.75) is 38.8 Å². The van der Waals surface area contributed by atoms with Gasteiger partial charge in [0, 0.05) is 16.5 Å². The first-order valence-electron chi connectivity index (χ1n) is 4.55. The van der Waals surface area contributed by atoms with E-state index >= 15 is 0 Å². The van der Waals surface area contributed by atoms with E-state index in [1.54, 1.807) is 11.3 Å². The third-order valence-corrected chi connectivity index (χ3v) is 3.84. The number of thiophene rings is 1. The Morgan fingerprint density at radius 2 is 2.31 bits per heavy atom. The van der Waals surface area contributed by atoms with Gasteiger partial charge in [-0.3, -0.25) is 0 Å². The van der Waals surface area contributed by atoms with E-state index in [0.29, 0.717) is 6.04 Å². The SMILES string of the molecule is CC1Cc2sc(Cl)cc2C(C)(C)N1. The molecule has 0 saturated carbocycles. The average molecular weight is 216 g/mol. The van der Waals surface area contributed by atoms with Crippen LogP contribution in [0.2, 0.25) is 4.34 Å². The molecule has 2 heterocycles. The summed E-state index contributed by atoms with van der Waals surface area (Å²) in [5.41, 5.74) is 1.46. The third kappa shape index (κ3) is 1.63. The number of fused-ring (bicyclic) bond motifs is 1. The Labute approximate surface area is 88.1 Å². The number of hydrogen-bond acceptors (Lipinski definition) is 2. The summed E-state index contributed by atoms with van der Waals surface area (Å²) in [4.78, 5) is 1.45.